The van der Waals surface area contributed by atoms with E-state index in [0.29, 0.717) is 5.69 Å². The summed E-state index contributed by atoms with van der Waals surface area (Å²) in [6.45, 7) is 0. The molecule has 2 aromatic rings. The van der Waals surface area contributed by atoms with Gasteiger partial charge in [0.2, 0.25) is 0 Å². The molecule has 104 valence electrons. The van der Waals surface area contributed by atoms with Crippen LogP contribution in [0.3, 0.4) is 0 Å². The van der Waals surface area contributed by atoms with Gasteiger partial charge in [0.1, 0.15) is 5.75 Å². The molecule has 0 radical (unpaired) electrons. The summed E-state index contributed by atoms with van der Waals surface area (Å²) in [4.78, 5) is 0. The second kappa shape index (κ2) is 6.10. The van der Waals surface area contributed by atoms with Crippen LogP contribution in [0.4, 0.5) is 18.9 Å². The third-order valence-corrected chi connectivity index (χ3v) is 2.54. The van der Waals surface area contributed by atoms with Gasteiger partial charge < -0.3 is 4.74 Å². The molecular weight excluding hydrogens is 269 g/mol. The summed E-state index contributed by atoms with van der Waals surface area (Å²) in [5.41, 5.74) is 3.04. The zero-order valence-corrected chi connectivity index (χ0v) is 10.5. The van der Waals surface area contributed by atoms with Gasteiger partial charge in [-0.3, -0.25) is 5.43 Å². The Bertz CT molecular complexity index is 630. The lowest BCUT2D eigenvalue weighted by Crippen LogP contribution is -2.02. The second-order valence-corrected chi connectivity index (χ2v) is 3.84. The summed E-state index contributed by atoms with van der Waals surface area (Å²) in [7, 11) is 1.23. The summed E-state index contributed by atoms with van der Waals surface area (Å²) < 4.78 is 44.6. The third kappa shape index (κ3) is 2.90. The fraction of sp³-hybridized carbons (Fsp3) is 0.0714. The maximum absolute atomic E-state index is 13.6. The zero-order valence-electron chi connectivity index (χ0n) is 10.5. The highest BCUT2D eigenvalue weighted by molar-refractivity contribution is 5.84. The first-order chi connectivity index (χ1) is 9.63. The minimum Gasteiger partial charge on any atom is -0.496 e. The quantitative estimate of drug-likeness (QED) is 0.528. The minimum atomic E-state index is -1.56. The Kier molecular flexibility index (Phi) is 4.24. The monoisotopic (exact) mass is 280 g/mol. The van der Waals surface area contributed by atoms with Crippen LogP contribution in [0.2, 0.25) is 0 Å². The largest absolute Gasteiger partial charge is 0.496 e. The molecule has 6 heteroatoms. The summed E-state index contributed by atoms with van der Waals surface area (Å²) in [6.07, 6.45) is 1.03. The van der Waals surface area contributed by atoms with Gasteiger partial charge in [-0.25, -0.2) is 13.2 Å². The molecule has 0 aliphatic heterocycles. The van der Waals surface area contributed by atoms with E-state index in [1.54, 1.807) is 24.3 Å². The Balaban J connectivity index is 2.27. The molecule has 0 unspecified atom stereocenters. The van der Waals surface area contributed by atoms with Crippen molar-refractivity contribution < 1.29 is 17.9 Å². The SMILES string of the molecule is COc1cc(F)c(F)c(F)c1C=NNc1ccccc1. The topological polar surface area (TPSA) is 33.6 Å². The Morgan fingerprint density at radius 3 is 2.45 bits per heavy atom. The Labute approximate surface area is 113 Å². The maximum atomic E-state index is 13.6. The molecule has 3 nitrogen and oxygen atoms in total. The van der Waals surface area contributed by atoms with E-state index >= 15 is 0 Å². The highest BCUT2D eigenvalue weighted by Gasteiger charge is 2.18. The van der Waals surface area contributed by atoms with Gasteiger partial charge in [0.25, 0.3) is 0 Å². The van der Waals surface area contributed by atoms with Crippen LogP contribution in [0.15, 0.2) is 41.5 Å². The molecule has 0 bridgehead atoms. The lowest BCUT2D eigenvalue weighted by atomic mass is 10.2. The number of anilines is 1. The fourth-order valence-corrected chi connectivity index (χ4v) is 1.56. The molecule has 20 heavy (non-hydrogen) atoms. The second-order valence-electron chi connectivity index (χ2n) is 3.84. The zero-order chi connectivity index (χ0) is 14.5. The lowest BCUT2D eigenvalue weighted by molar-refractivity contribution is 0.390. The molecule has 2 rings (SSSR count). The predicted octanol–water partition coefficient (Wildman–Crippen LogP) is 3.56. The van der Waals surface area contributed by atoms with Crippen molar-refractivity contribution in [2.75, 3.05) is 12.5 Å². The molecule has 0 saturated carbocycles. The van der Waals surface area contributed by atoms with Crippen LogP contribution in [0.5, 0.6) is 5.75 Å². The Hall–Kier alpha value is -2.50. The van der Waals surface area contributed by atoms with Crippen molar-refractivity contribution in [1.82, 2.24) is 0 Å². The maximum Gasteiger partial charge on any atom is 0.195 e. The van der Waals surface area contributed by atoms with E-state index in [0.717, 1.165) is 12.3 Å². The molecular formula is C14H11F3N2O. The number of ether oxygens (including phenoxy) is 1. The minimum absolute atomic E-state index is 0.139. The summed E-state index contributed by atoms with van der Waals surface area (Å²) in [6, 6.07) is 9.66. The van der Waals surface area contributed by atoms with Gasteiger partial charge in [0, 0.05) is 6.07 Å². The van der Waals surface area contributed by atoms with Crippen molar-refractivity contribution in [3.63, 3.8) is 0 Å². The number of hydrazone groups is 1. The number of para-hydroxylation sites is 1. The van der Waals surface area contributed by atoms with Crippen LogP contribution < -0.4 is 10.2 Å². The molecule has 0 aliphatic carbocycles. The number of rotatable bonds is 4. The molecule has 2 aromatic carbocycles. The van der Waals surface area contributed by atoms with E-state index in [9.17, 15) is 13.2 Å². The molecule has 0 aromatic heterocycles. The van der Waals surface area contributed by atoms with Gasteiger partial charge in [0.05, 0.1) is 24.6 Å². The number of hydrogen-bond donors (Lipinski definition) is 1. The number of hydrogen-bond acceptors (Lipinski definition) is 3. The lowest BCUT2D eigenvalue weighted by Gasteiger charge is -2.07. The summed E-state index contributed by atoms with van der Waals surface area (Å²) in [5.74, 6) is -4.36. The number of benzene rings is 2. The molecule has 1 N–H and O–H groups in total. The van der Waals surface area contributed by atoms with Crippen molar-refractivity contribution in [3.05, 3.63) is 59.4 Å². The first-order valence-electron chi connectivity index (χ1n) is 5.69. The van der Waals surface area contributed by atoms with Gasteiger partial charge in [-0.15, -0.1) is 0 Å². The van der Waals surface area contributed by atoms with E-state index in [1.165, 1.54) is 7.11 Å². The van der Waals surface area contributed by atoms with Gasteiger partial charge in [-0.2, -0.15) is 5.10 Å². The van der Waals surface area contributed by atoms with Crippen molar-refractivity contribution in [2.24, 2.45) is 5.10 Å². The van der Waals surface area contributed by atoms with Crippen LogP contribution in [0.25, 0.3) is 0 Å². The standard InChI is InChI=1S/C14H11F3N2O/c1-20-12-7-11(15)14(17)13(16)10(12)8-18-19-9-5-3-2-4-6-9/h2-8,19H,1H3. The van der Waals surface area contributed by atoms with E-state index in [1.807, 2.05) is 6.07 Å². The van der Waals surface area contributed by atoms with E-state index < -0.39 is 17.5 Å². The van der Waals surface area contributed by atoms with Crippen LogP contribution >= 0.6 is 0 Å². The number of nitrogens with zero attached hydrogens (tertiary/aromatic N) is 1. The molecule has 0 aliphatic rings. The van der Waals surface area contributed by atoms with Crippen LogP contribution in [-0.2, 0) is 0 Å². The van der Waals surface area contributed by atoms with Crippen LogP contribution in [-0.4, -0.2) is 13.3 Å². The average Bonchev–Trinajstić information content (AvgIpc) is 2.48. The first-order valence-corrected chi connectivity index (χ1v) is 5.69. The molecule has 0 amide bonds. The normalized spacial score (nSPS) is 10.8. The van der Waals surface area contributed by atoms with Gasteiger partial charge >= 0.3 is 0 Å². The fourth-order valence-electron chi connectivity index (χ4n) is 1.56. The van der Waals surface area contributed by atoms with Crippen molar-refractivity contribution in [2.45, 2.75) is 0 Å². The molecule has 0 saturated heterocycles. The summed E-state index contributed by atoms with van der Waals surface area (Å²) >= 11 is 0. The van der Waals surface area contributed by atoms with Crippen molar-refractivity contribution in [1.29, 1.82) is 0 Å². The predicted molar refractivity (Wildman–Crippen MR) is 70.5 cm³/mol. The Morgan fingerprint density at radius 2 is 1.80 bits per heavy atom. The van der Waals surface area contributed by atoms with E-state index in [4.69, 9.17) is 4.74 Å². The molecule has 0 fully saturated rings. The van der Waals surface area contributed by atoms with E-state index in [2.05, 4.69) is 10.5 Å². The molecule has 0 spiro atoms. The average molecular weight is 280 g/mol. The molecule has 0 heterocycles. The van der Waals surface area contributed by atoms with E-state index in [-0.39, 0.29) is 11.3 Å². The number of methoxy groups -OCH3 is 1. The molecule has 0 atom stereocenters. The number of nitrogens with one attached hydrogen (secondary N) is 1. The van der Waals surface area contributed by atoms with Crippen LogP contribution in [0.1, 0.15) is 5.56 Å². The Morgan fingerprint density at radius 1 is 1.10 bits per heavy atom. The van der Waals surface area contributed by atoms with Gasteiger partial charge in [0.15, 0.2) is 17.5 Å². The van der Waals surface area contributed by atoms with Gasteiger partial charge in [-0.05, 0) is 12.1 Å². The smallest absolute Gasteiger partial charge is 0.195 e. The van der Waals surface area contributed by atoms with Crippen LogP contribution in [0, 0.1) is 17.5 Å². The highest BCUT2D eigenvalue weighted by Crippen LogP contribution is 2.24. The highest BCUT2D eigenvalue weighted by atomic mass is 19.2. The third-order valence-electron chi connectivity index (χ3n) is 2.54. The number of halogens is 3. The van der Waals surface area contributed by atoms with Crippen molar-refractivity contribution >= 4 is 11.9 Å². The summed E-state index contributed by atoms with van der Waals surface area (Å²) in [5, 5.41) is 3.77. The van der Waals surface area contributed by atoms with Crippen molar-refractivity contribution in [3.8, 4) is 5.75 Å². The first kappa shape index (κ1) is 13.9. The van der Waals surface area contributed by atoms with Gasteiger partial charge in [-0.1, -0.05) is 18.2 Å².